The largest absolute Gasteiger partial charge is 0.314 e. The lowest BCUT2D eigenvalue weighted by molar-refractivity contribution is 0.215. The molecule has 0 saturated carbocycles. The highest BCUT2D eigenvalue weighted by atomic mass is 79.9. The van der Waals surface area contributed by atoms with Crippen molar-refractivity contribution in [2.75, 3.05) is 20.1 Å². The van der Waals surface area contributed by atoms with Gasteiger partial charge in [0.2, 0.25) is 0 Å². The van der Waals surface area contributed by atoms with Crippen molar-refractivity contribution in [2.24, 2.45) is 5.92 Å². The lowest BCUT2D eigenvalue weighted by Crippen LogP contribution is -2.39. The van der Waals surface area contributed by atoms with Crippen LogP contribution >= 0.6 is 27.3 Å². The fourth-order valence-electron chi connectivity index (χ4n) is 2.65. The molecule has 0 aliphatic carbocycles. The fourth-order valence-corrected chi connectivity index (χ4v) is 3.85. The summed E-state index contributed by atoms with van der Waals surface area (Å²) in [5.41, 5.74) is 1.42. The Kier molecular flexibility index (Phi) is 5.03. The van der Waals surface area contributed by atoms with Crippen molar-refractivity contribution < 1.29 is 0 Å². The van der Waals surface area contributed by atoms with E-state index in [1.165, 1.54) is 35.3 Å². The maximum Gasteiger partial charge on any atom is 0.0701 e. The van der Waals surface area contributed by atoms with E-state index >= 15 is 0 Å². The Hall–Kier alpha value is 0.1000. The predicted octanol–water partition coefficient (Wildman–Crippen LogP) is 3.33. The first-order valence-corrected chi connectivity index (χ1v) is 7.95. The van der Waals surface area contributed by atoms with Crippen LogP contribution in [0.5, 0.6) is 0 Å². The first-order valence-electron chi connectivity index (χ1n) is 6.28. The highest BCUT2D eigenvalue weighted by molar-refractivity contribution is 9.11. The molecule has 2 heterocycles. The third kappa shape index (κ3) is 4.36. The number of nitrogens with one attached hydrogen (secondary N) is 1. The predicted molar refractivity (Wildman–Crippen MR) is 78.5 cm³/mol. The van der Waals surface area contributed by atoms with E-state index < -0.39 is 0 Å². The number of thiophene rings is 1. The minimum absolute atomic E-state index is 0.692. The molecule has 1 aromatic heterocycles. The van der Waals surface area contributed by atoms with E-state index in [2.05, 4.69) is 51.6 Å². The molecule has 2 rings (SSSR count). The van der Waals surface area contributed by atoms with E-state index in [4.69, 9.17) is 0 Å². The van der Waals surface area contributed by atoms with Gasteiger partial charge in [-0.2, -0.15) is 0 Å². The zero-order valence-electron chi connectivity index (χ0n) is 10.6. The number of piperidine rings is 1. The standard InChI is InChI=1S/C13H21BrN2S/c1-10-5-11(3-4-15-10)7-16(2)8-12-6-13(14)17-9-12/h6,9-11,15H,3-5,7-8H2,1-2H3. The smallest absolute Gasteiger partial charge is 0.0701 e. The second-order valence-electron chi connectivity index (χ2n) is 5.20. The molecule has 1 aliphatic heterocycles. The quantitative estimate of drug-likeness (QED) is 0.916. The Morgan fingerprint density at radius 1 is 1.59 bits per heavy atom. The monoisotopic (exact) mass is 316 g/mol. The van der Waals surface area contributed by atoms with Crippen LogP contribution in [0.25, 0.3) is 0 Å². The summed E-state index contributed by atoms with van der Waals surface area (Å²) in [5, 5.41) is 5.76. The van der Waals surface area contributed by atoms with E-state index in [1.807, 2.05) is 0 Å². The molecule has 1 aromatic rings. The summed E-state index contributed by atoms with van der Waals surface area (Å²) in [6, 6.07) is 2.92. The first-order chi connectivity index (χ1) is 8.13. The number of nitrogens with zero attached hydrogens (tertiary/aromatic N) is 1. The van der Waals surface area contributed by atoms with Gasteiger partial charge in [0.15, 0.2) is 0 Å². The summed E-state index contributed by atoms with van der Waals surface area (Å²) in [5.74, 6) is 0.860. The van der Waals surface area contributed by atoms with Crippen molar-refractivity contribution in [3.63, 3.8) is 0 Å². The molecular formula is C13H21BrN2S. The van der Waals surface area contributed by atoms with E-state index in [0.717, 1.165) is 12.5 Å². The molecule has 1 N–H and O–H groups in total. The lowest BCUT2D eigenvalue weighted by atomic mass is 9.93. The summed E-state index contributed by atoms with van der Waals surface area (Å²) in [6.07, 6.45) is 2.64. The zero-order chi connectivity index (χ0) is 12.3. The van der Waals surface area contributed by atoms with Crippen LogP contribution in [-0.4, -0.2) is 31.1 Å². The molecule has 0 bridgehead atoms. The number of hydrogen-bond acceptors (Lipinski definition) is 3. The second-order valence-corrected chi connectivity index (χ2v) is 7.49. The number of halogens is 1. The first kappa shape index (κ1) is 13.5. The van der Waals surface area contributed by atoms with Gasteiger partial charge in [0.25, 0.3) is 0 Å². The van der Waals surface area contributed by atoms with Gasteiger partial charge in [0.1, 0.15) is 0 Å². The Balaban J connectivity index is 1.78. The maximum atomic E-state index is 3.52. The Morgan fingerprint density at radius 3 is 3.06 bits per heavy atom. The number of rotatable bonds is 4. The van der Waals surface area contributed by atoms with Crippen LogP contribution in [0, 0.1) is 5.92 Å². The van der Waals surface area contributed by atoms with E-state index in [9.17, 15) is 0 Å². The van der Waals surface area contributed by atoms with Crippen molar-refractivity contribution in [3.05, 3.63) is 20.8 Å². The van der Waals surface area contributed by atoms with Crippen molar-refractivity contribution in [1.82, 2.24) is 10.2 Å². The van der Waals surface area contributed by atoms with Crippen LogP contribution in [0.3, 0.4) is 0 Å². The molecule has 0 aromatic carbocycles. The fraction of sp³-hybridized carbons (Fsp3) is 0.692. The van der Waals surface area contributed by atoms with Gasteiger partial charge in [-0.3, -0.25) is 0 Å². The van der Waals surface area contributed by atoms with Gasteiger partial charge in [-0.15, -0.1) is 11.3 Å². The normalized spacial score (nSPS) is 25.4. The Morgan fingerprint density at radius 2 is 2.41 bits per heavy atom. The van der Waals surface area contributed by atoms with Crippen LogP contribution in [0.1, 0.15) is 25.3 Å². The maximum absolute atomic E-state index is 3.52. The molecule has 1 aliphatic rings. The zero-order valence-corrected chi connectivity index (χ0v) is 13.0. The Bertz CT molecular complexity index is 353. The van der Waals surface area contributed by atoms with Gasteiger partial charge in [-0.25, -0.2) is 0 Å². The van der Waals surface area contributed by atoms with Gasteiger partial charge < -0.3 is 10.2 Å². The van der Waals surface area contributed by atoms with Crippen molar-refractivity contribution in [3.8, 4) is 0 Å². The molecule has 1 saturated heterocycles. The van der Waals surface area contributed by atoms with E-state index in [0.29, 0.717) is 6.04 Å². The van der Waals surface area contributed by atoms with E-state index in [-0.39, 0.29) is 0 Å². The second kappa shape index (κ2) is 6.32. The van der Waals surface area contributed by atoms with Crippen LogP contribution in [0.2, 0.25) is 0 Å². The topological polar surface area (TPSA) is 15.3 Å². The highest BCUT2D eigenvalue weighted by Crippen LogP contribution is 2.22. The summed E-state index contributed by atoms with van der Waals surface area (Å²) in [7, 11) is 2.23. The van der Waals surface area contributed by atoms with Crippen LogP contribution in [0.4, 0.5) is 0 Å². The average molecular weight is 317 g/mol. The van der Waals surface area contributed by atoms with Crippen LogP contribution in [0.15, 0.2) is 15.2 Å². The summed E-state index contributed by atoms with van der Waals surface area (Å²) in [4.78, 5) is 2.46. The van der Waals surface area contributed by atoms with Gasteiger partial charge >= 0.3 is 0 Å². The van der Waals surface area contributed by atoms with Crippen LogP contribution in [-0.2, 0) is 6.54 Å². The van der Waals surface area contributed by atoms with Gasteiger partial charge in [0.05, 0.1) is 3.79 Å². The van der Waals surface area contributed by atoms with Crippen LogP contribution < -0.4 is 5.32 Å². The summed E-state index contributed by atoms with van der Waals surface area (Å²) < 4.78 is 1.23. The highest BCUT2D eigenvalue weighted by Gasteiger charge is 2.19. The SMILES string of the molecule is CC1CC(CN(C)Cc2csc(Br)c2)CCN1. The molecule has 0 spiro atoms. The van der Waals surface area contributed by atoms with Crippen molar-refractivity contribution in [1.29, 1.82) is 0 Å². The molecular weight excluding hydrogens is 296 g/mol. The van der Waals surface area contributed by atoms with Gasteiger partial charge in [-0.05, 0) is 72.2 Å². The molecule has 0 radical (unpaired) electrons. The molecule has 2 atom stereocenters. The molecule has 1 fully saturated rings. The van der Waals surface area contributed by atoms with E-state index in [1.54, 1.807) is 11.3 Å². The van der Waals surface area contributed by atoms with Gasteiger partial charge in [-0.1, -0.05) is 0 Å². The van der Waals surface area contributed by atoms with Crippen molar-refractivity contribution >= 4 is 27.3 Å². The lowest BCUT2D eigenvalue weighted by Gasteiger charge is -2.31. The molecule has 17 heavy (non-hydrogen) atoms. The molecule has 2 unspecified atom stereocenters. The summed E-state index contributed by atoms with van der Waals surface area (Å²) in [6.45, 7) is 5.77. The molecule has 2 nitrogen and oxygen atoms in total. The third-order valence-corrected chi connectivity index (χ3v) is 4.93. The molecule has 96 valence electrons. The van der Waals surface area contributed by atoms with Crippen molar-refractivity contribution in [2.45, 2.75) is 32.4 Å². The summed E-state index contributed by atoms with van der Waals surface area (Å²) >= 11 is 5.29. The Labute approximate surface area is 117 Å². The molecule has 4 heteroatoms. The minimum Gasteiger partial charge on any atom is -0.314 e. The third-order valence-electron chi connectivity index (χ3n) is 3.38. The molecule has 0 amide bonds. The number of hydrogen-bond donors (Lipinski definition) is 1. The minimum atomic E-state index is 0.692. The van der Waals surface area contributed by atoms with Gasteiger partial charge in [0, 0.05) is 19.1 Å². The average Bonchev–Trinajstić information content (AvgIpc) is 2.63.